The first-order valence-corrected chi connectivity index (χ1v) is 6.64. The molecule has 0 radical (unpaired) electrons. The highest BCUT2D eigenvalue weighted by atomic mass is 19.1. The molecule has 0 spiro atoms. The number of nitrogen functional groups attached to an aromatic ring is 1. The van der Waals surface area contributed by atoms with E-state index in [0.29, 0.717) is 31.9 Å². The van der Waals surface area contributed by atoms with Gasteiger partial charge >= 0.3 is 0 Å². The van der Waals surface area contributed by atoms with Crippen molar-refractivity contribution < 1.29 is 13.9 Å². The lowest BCUT2D eigenvalue weighted by atomic mass is 10.2. The third kappa shape index (κ3) is 5.99. The largest absolute Gasteiger partial charge is 0.396 e. The Kier molecular flexibility index (Phi) is 6.97. The second-order valence-electron chi connectivity index (χ2n) is 4.53. The molecule has 0 unspecified atom stereocenters. The molecule has 20 heavy (non-hydrogen) atoms. The van der Waals surface area contributed by atoms with Gasteiger partial charge in [-0.15, -0.1) is 0 Å². The van der Waals surface area contributed by atoms with Gasteiger partial charge in [-0.25, -0.2) is 4.39 Å². The Morgan fingerprint density at radius 3 is 2.85 bits per heavy atom. The molecule has 0 aliphatic heterocycles. The van der Waals surface area contributed by atoms with Crippen molar-refractivity contribution >= 4 is 17.3 Å². The zero-order chi connectivity index (χ0) is 15.0. The number of carbonyl (C=O) groups is 1. The van der Waals surface area contributed by atoms with Crippen molar-refractivity contribution in [1.82, 2.24) is 4.90 Å². The van der Waals surface area contributed by atoms with Crippen molar-refractivity contribution in [3.05, 3.63) is 24.0 Å². The summed E-state index contributed by atoms with van der Waals surface area (Å²) in [6.07, 6.45) is 0.361. The zero-order valence-corrected chi connectivity index (χ0v) is 12.0. The maximum absolute atomic E-state index is 13.0. The number of benzene rings is 1. The SMILES string of the molecule is CCOCCN(C)CCC(=O)Nc1ccc(F)c(N)c1. The molecular formula is C14H22FN3O2. The zero-order valence-electron chi connectivity index (χ0n) is 12.0. The molecule has 0 fully saturated rings. The predicted octanol–water partition coefficient (Wildman–Crippen LogP) is 1.70. The van der Waals surface area contributed by atoms with Gasteiger partial charge in [0.2, 0.25) is 5.91 Å². The summed E-state index contributed by atoms with van der Waals surface area (Å²) in [5, 5.41) is 2.69. The van der Waals surface area contributed by atoms with Crippen LogP contribution in [0.4, 0.5) is 15.8 Å². The molecule has 1 aromatic rings. The van der Waals surface area contributed by atoms with E-state index in [1.54, 1.807) is 0 Å². The Morgan fingerprint density at radius 2 is 2.20 bits per heavy atom. The first-order valence-electron chi connectivity index (χ1n) is 6.64. The summed E-state index contributed by atoms with van der Waals surface area (Å²) in [4.78, 5) is 13.8. The predicted molar refractivity (Wildman–Crippen MR) is 78.0 cm³/mol. The van der Waals surface area contributed by atoms with Crippen LogP contribution in [0.1, 0.15) is 13.3 Å². The van der Waals surface area contributed by atoms with E-state index in [1.807, 2.05) is 18.9 Å². The van der Waals surface area contributed by atoms with Crippen LogP contribution in [0, 0.1) is 5.82 Å². The normalized spacial score (nSPS) is 10.8. The Morgan fingerprint density at radius 1 is 1.45 bits per heavy atom. The number of rotatable bonds is 8. The standard InChI is InChI=1S/C14H22FN3O2/c1-3-20-9-8-18(2)7-6-14(19)17-11-4-5-12(15)13(16)10-11/h4-5,10H,3,6-9,16H2,1-2H3,(H,17,19). The van der Waals surface area contributed by atoms with Crippen molar-refractivity contribution in [2.45, 2.75) is 13.3 Å². The fourth-order valence-corrected chi connectivity index (χ4v) is 1.61. The third-order valence-corrected chi connectivity index (χ3v) is 2.82. The van der Waals surface area contributed by atoms with Crippen LogP contribution < -0.4 is 11.1 Å². The molecular weight excluding hydrogens is 261 g/mol. The topological polar surface area (TPSA) is 67.6 Å². The van der Waals surface area contributed by atoms with E-state index in [-0.39, 0.29) is 11.6 Å². The molecule has 1 aromatic carbocycles. The highest BCUT2D eigenvalue weighted by Gasteiger charge is 2.06. The quantitative estimate of drug-likeness (QED) is 0.563. The maximum Gasteiger partial charge on any atom is 0.225 e. The van der Waals surface area contributed by atoms with Crippen LogP contribution in [0.25, 0.3) is 0 Å². The minimum atomic E-state index is -0.487. The second kappa shape index (κ2) is 8.50. The van der Waals surface area contributed by atoms with Crippen LogP contribution in [-0.2, 0) is 9.53 Å². The number of nitrogens with two attached hydrogens (primary N) is 1. The molecule has 0 heterocycles. The molecule has 0 aliphatic rings. The summed E-state index contributed by atoms with van der Waals surface area (Å²) < 4.78 is 18.2. The van der Waals surface area contributed by atoms with Crippen molar-refractivity contribution in [3.63, 3.8) is 0 Å². The number of likely N-dealkylation sites (N-methyl/N-ethyl adjacent to an activating group) is 1. The van der Waals surface area contributed by atoms with Gasteiger partial charge in [-0.3, -0.25) is 4.79 Å². The fourth-order valence-electron chi connectivity index (χ4n) is 1.61. The number of hydrogen-bond acceptors (Lipinski definition) is 4. The molecule has 0 aromatic heterocycles. The van der Waals surface area contributed by atoms with Crippen molar-refractivity contribution in [1.29, 1.82) is 0 Å². The number of amides is 1. The van der Waals surface area contributed by atoms with Gasteiger partial charge in [0.15, 0.2) is 0 Å². The third-order valence-electron chi connectivity index (χ3n) is 2.82. The molecule has 1 rings (SSSR count). The Hall–Kier alpha value is -1.66. The van der Waals surface area contributed by atoms with Crippen LogP contribution in [0.3, 0.4) is 0 Å². The van der Waals surface area contributed by atoms with E-state index in [2.05, 4.69) is 5.32 Å². The molecule has 1 amide bonds. The van der Waals surface area contributed by atoms with E-state index in [9.17, 15) is 9.18 Å². The average Bonchev–Trinajstić information content (AvgIpc) is 2.41. The lowest BCUT2D eigenvalue weighted by Gasteiger charge is -2.16. The number of hydrogen-bond donors (Lipinski definition) is 2. The van der Waals surface area contributed by atoms with Crippen LogP contribution in [0.2, 0.25) is 0 Å². The minimum Gasteiger partial charge on any atom is -0.396 e. The lowest BCUT2D eigenvalue weighted by molar-refractivity contribution is -0.116. The van der Waals surface area contributed by atoms with Gasteiger partial charge in [0.05, 0.1) is 12.3 Å². The van der Waals surface area contributed by atoms with Crippen molar-refractivity contribution in [3.8, 4) is 0 Å². The van der Waals surface area contributed by atoms with Gasteiger partial charge in [0, 0.05) is 31.8 Å². The fraction of sp³-hybridized carbons (Fsp3) is 0.500. The number of carbonyl (C=O) groups excluding carboxylic acids is 1. The molecule has 0 saturated carbocycles. The van der Waals surface area contributed by atoms with Gasteiger partial charge in [0.1, 0.15) is 5.82 Å². The molecule has 3 N–H and O–H groups in total. The van der Waals surface area contributed by atoms with Gasteiger partial charge in [-0.1, -0.05) is 0 Å². The molecule has 5 nitrogen and oxygen atoms in total. The summed E-state index contributed by atoms with van der Waals surface area (Å²) in [6.45, 7) is 4.71. The number of nitrogens with zero attached hydrogens (tertiary/aromatic N) is 1. The van der Waals surface area contributed by atoms with Gasteiger partial charge in [0.25, 0.3) is 0 Å². The highest BCUT2D eigenvalue weighted by Crippen LogP contribution is 2.16. The first-order chi connectivity index (χ1) is 9.52. The molecule has 112 valence electrons. The Balaban J connectivity index is 2.30. The van der Waals surface area contributed by atoms with E-state index in [4.69, 9.17) is 10.5 Å². The van der Waals surface area contributed by atoms with Gasteiger partial charge in [-0.05, 0) is 32.2 Å². The van der Waals surface area contributed by atoms with Crippen LogP contribution in [-0.4, -0.2) is 44.2 Å². The number of halogens is 1. The number of anilines is 2. The Labute approximate surface area is 118 Å². The number of nitrogens with one attached hydrogen (secondary N) is 1. The Bertz CT molecular complexity index is 440. The molecule has 0 atom stereocenters. The summed E-state index contributed by atoms with van der Waals surface area (Å²) in [6, 6.07) is 4.13. The second-order valence-corrected chi connectivity index (χ2v) is 4.53. The molecule has 6 heteroatoms. The monoisotopic (exact) mass is 283 g/mol. The summed E-state index contributed by atoms with van der Waals surface area (Å²) in [5.41, 5.74) is 5.97. The average molecular weight is 283 g/mol. The van der Waals surface area contributed by atoms with Gasteiger partial charge < -0.3 is 20.7 Å². The van der Waals surface area contributed by atoms with E-state index < -0.39 is 5.82 Å². The molecule has 0 saturated heterocycles. The minimum absolute atomic E-state index is 0.0247. The smallest absolute Gasteiger partial charge is 0.225 e. The number of ether oxygens (including phenoxy) is 1. The van der Waals surface area contributed by atoms with E-state index in [1.165, 1.54) is 18.2 Å². The first kappa shape index (κ1) is 16.4. The highest BCUT2D eigenvalue weighted by molar-refractivity contribution is 5.91. The van der Waals surface area contributed by atoms with E-state index >= 15 is 0 Å². The van der Waals surface area contributed by atoms with Crippen molar-refractivity contribution in [2.24, 2.45) is 0 Å². The van der Waals surface area contributed by atoms with Gasteiger partial charge in [-0.2, -0.15) is 0 Å². The summed E-state index contributed by atoms with van der Waals surface area (Å²) in [5.74, 6) is -0.613. The lowest BCUT2D eigenvalue weighted by Crippen LogP contribution is -2.27. The molecule has 0 aliphatic carbocycles. The van der Waals surface area contributed by atoms with Crippen molar-refractivity contribution in [2.75, 3.05) is 44.4 Å². The molecule has 0 bridgehead atoms. The van der Waals surface area contributed by atoms with E-state index in [0.717, 1.165) is 6.54 Å². The maximum atomic E-state index is 13.0. The van der Waals surface area contributed by atoms with Crippen LogP contribution in [0.15, 0.2) is 18.2 Å². The van der Waals surface area contributed by atoms with Crippen LogP contribution in [0.5, 0.6) is 0 Å². The summed E-state index contributed by atoms with van der Waals surface area (Å²) >= 11 is 0. The summed E-state index contributed by atoms with van der Waals surface area (Å²) in [7, 11) is 1.93. The van der Waals surface area contributed by atoms with Crippen LogP contribution >= 0.6 is 0 Å².